The van der Waals surface area contributed by atoms with Crippen LogP contribution < -0.4 is 16.2 Å². The van der Waals surface area contributed by atoms with Gasteiger partial charge in [-0.1, -0.05) is 63.4 Å². The molecule has 1 aliphatic heterocycles. The number of fused-ring (bicyclic) bond motifs is 1. The Morgan fingerprint density at radius 3 is 2.31 bits per heavy atom. The molecule has 5 rings (SSSR count). The van der Waals surface area contributed by atoms with E-state index in [1.54, 1.807) is 35.2 Å². The van der Waals surface area contributed by atoms with E-state index in [1.807, 2.05) is 32.6 Å². The lowest BCUT2D eigenvalue weighted by atomic mass is 10.00. The molecule has 4 aromatic rings. The van der Waals surface area contributed by atoms with Crippen molar-refractivity contribution in [1.82, 2.24) is 24.4 Å². The van der Waals surface area contributed by atoms with Crippen LogP contribution in [0, 0.1) is 18.2 Å². The first kappa shape index (κ1) is 31.8. The van der Waals surface area contributed by atoms with Crippen molar-refractivity contribution >= 4 is 34.2 Å². The molecule has 2 N–H and O–H groups in total. The molecule has 0 spiro atoms. The molecule has 1 aromatic carbocycles. The Morgan fingerprint density at radius 1 is 1.09 bits per heavy atom. The Labute approximate surface area is 266 Å². The third-order valence-electron chi connectivity index (χ3n) is 7.85. The van der Waals surface area contributed by atoms with Gasteiger partial charge >= 0.3 is 0 Å². The number of carbonyl (C=O) groups excluding carboxylic acids is 1. The van der Waals surface area contributed by atoms with E-state index in [9.17, 15) is 9.59 Å². The molecule has 3 aromatic heterocycles. The predicted octanol–water partition coefficient (Wildman–Crippen LogP) is 5.03. The number of terminal acetylenes is 1. The zero-order chi connectivity index (χ0) is 32.4. The summed E-state index contributed by atoms with van der Waals surface area (Å²) < 4.78 is 16.6. The molecule has 9 nitrogen and oxygen atoms in total. The molecular weight excluding hydrogens is 593 g/mol. The van der Waals surface area contributed by atoms with Gasteiger partial charge in [0.15, 0.2) is 0 Å². The summed E-state index contributed by atoms with van der Waals surface area (Å²) in [5.41, 5.74) is 8.07. The Balaban J connectivity index is 1.84. The maximum Gasteiger partial charge on any atom is 0.274 e. The van der Waals surface area contributed by atoms with Crippen LogP contribution in [-0.2, 0) is 4.79 Å². The fourth-order valence-corrected chi connectivity index (χ4v) is 5.93. The van der Waals surface area contributed by atoms with E-state index < -0.39 is 11.4 Å². The molecule has 0 atom stereocenters. The summed E-state index contributed by atoms with van der Waals surface area (Å²) in [7, 11) is 0. The van der Waals surface area contributed by atoms with Gasteiger partial charge in [0, 0.05) is 49.7 Å². The minimum atomic E-state index is -0.501. The van der Waals surface area contributed by atoms with Crippen molar-refractivity contribution in [1.29, 1.82) is 0 Å². The summed E-state index contributed by atoms with van der Waals surface area (Å²) in [4.78, 5) is 45.0. The van der Waals surface area contributed by atoms with Crippen molar-refractivity contribution in [3.8, 4) is 29.3 Å². The number of halogens is 2. The lowest BCUT2D eigenvalue weighted by Gasteiger charge is -2.37. The fraction of sp³-hybridized carbons (Fsp3) is 0.324. The summed E-state index contributed by atoms with van der Waals surface area (Å²) in [6.07, 6.45) is 10.7. The monoisotopic (exact) mass is 627 g/mol. The standard InChI is InChI=1S/C34H35ClFN7O2/c1-6-22-31(42-16-14-41(15-17-42)27(44)12-9-13-37)24-18-25(35)30(23-10-7-8-11-26(23)36)40-33(24)43(34(22)45)32-28(20(2)3)38-19-39-29(32)21(4)5/h1,7-12,18-21H,13-17,37H2,2-5H3/b12-9+. The van der Waals surface area contributed by atoms with E-state index in [0.717, 1.165) is 0 Å². The molecule has 0 aliphatic carbocycles. The second-order valence-electron chi connectivity index (χ2n) is 11.4. The quantitative estimate of drug-likeness (QED) is 0.226. The Bertz CT molecular complexity index is 1880. The number of aromatic nitrogens is 4. The molecule has 0 unspecified atom stereocenters. The average Bonchev–Trinajstić information content (AvgIpc) is 3.03. The normalized spacial score (nSPS) is 13.8. The van der Waals surface area contributed by atoms with Crippen molar-refractivity contribution in [2.24, 2.45) is 5.73 Å². The van der Waals surface area contributed by atoms with Gasteiger partial charge in [-0.05, 0) is 30.0 Å². The number of pyridine rings is 2. The van der Waals surface area contributed by atoms with Gasteiger partial charge in [0.2, 0.25) is 5.91 Å². The maximum atomic E-state index is 15.1. The summed E-state index contributed by atoms with van der Waals surface area (Å²) >= 11 is 6.85. The van der Waals surface area contributed by atoms with Crippen molar-refractivity contribution in [3.05, 3.63) is 87.0 Å². The molecule has 1 fully saturated rings. The van der Waals surface area contributed by atoms with Crippen LogP contribution >= 0.6 is 11.6 Å². The zero-order valence-electron chi connectivity index (χ0n) is 25.7. The van der Waals surface area contributed by atoms with E-state index >= 15 is 4.39 Å². The summed E-state index contributed by atoms with van der Waals surface area (Å²) in [6, 6.07) is 7.90. The van der Waals surface area contributed by atoms with Crippen molar-refractivity contribution < 1.29 is 9.18 Å². The van der Waals surface area contributed by atoms with Crippen LogP contribution in [0.1, 0.15) is 56.5 Å². The average molecular weight is 628 g/mol. The van der Waals surface area contributed by atoms with Crippen molar-refractivity contribution in [2.45, 2.75) is 39.5 Å². The van der Waals surface area contributed by atoms with Crippen LogP contribution in [0.5, 0.6) is 0 Å². The van der Waals surface area contributed by atoms with Crippen molar-refractivity contribution in [2.75, 3.05) is 37.6 Å². The first-order chi connectivity index (χ1) is 21.6. The molecule has 1 amide bonds. The highest BCUT2D eigenvalue weighted by atomic mass is 35.5. The van der Waals surface area contributed by atoms with Gasteiger partial charge in [-0.2, -0.15) is 0 Å². The highest BCUT2D eigenvalue weighted by Gasteiger charge is 2.30. The molecule has 45 heavy (non-hydrogen) atoms. The Morgan fingerprint density at radius 2 is 1.73 bits per heavy atom. The van der Waals surface area contributed by atoms with Gasteiger partial charge < -0.3 is 15.5 Å². The smallest absolute Gasteiger partial charge is 0.274 e. The molecule has 1 aliphatic rings. The minimum absolute atomic E-state index is 0.0753. The molecule has 0 saturated carbocycles. The van der Waals surface area contributed by atoms with E-state index in [1.165, 1.54) is 23.0 Å². The summed E-state index contributed by atoms with van der Waals surface area (Å²) in [5.74, 6) is 1.86. The number of benzene rings is 1. The van der Waals surface area contributed by atoms with Crippen LogP contribution in [0.15, 0.2) is 53.6 Å². The molecule has 232 valence electrons. The van der Waals surface area contributed by atoms with Gasteiger partial charge in [-0.15, -0.1) is 6.42 Å². The van der Waals surface area contributed by atoms with E-state index in [2.05, 4.69) is 15.9 Å². The van der Waals surface area contributed by atoms with Gasteiger partial charge in [0.1, 0.15) is 23.4 Å². The largest absolute Gasteiger partial charge is 0.366 e. The number of hydrogen-bond donors (Lipinski definition) is 1. The van der Waals surface area contributed by atoms with Crippen LogP contribution in [0.4, 0.5) is 10.1 Å². The Kier molecular flexibility index (Phi) is 9.32. The van der Waals surface area contributed by atoms with Gasteiger partial charge in [0.05, 0.1) is 33.5 Å². The lowest BCUT2D eigenvalue weighted by Crippen LogP contribution is -2.49. The van der Waals surface area contributed by atoms with Gasteiger partial charge in [-0.25, -0.2) is 19.3 Å². The number of carbonyl (C=O) groups is 1. The highest BCUT2D eigenvalue weighted by molar-refractivity contribution is 6.34. The van der Waals surface area contributed by atoms with Gasteiger partial charge in [-0.3, -0.25) is 14.2 Å². The SMILES string of the molecule is C#Cc1c(N2CCN(C(=O)/C=C/CN)CC2)c2cc(Cl)c(-c3ccccc3F)nc2n(-c2c(C(C)C)ncnc2C(C)C)c1=O. The van der Waals surface area contributed by atoms with E-state index in [4.69, 9.17) is 28.7 Å². The first-order valence-electron chi connectivity index (χ1n) is 14.8. The molecule has 11 heteroatoms. The number of piperazine rings is 1. The summed E-state index contributed by atoms with van der Waals surface area (Å²) in [5, 5.41) is 0.712. The second kappa shape index (κ2) is 13.2. The second-order valence-corrected chi connectivity index (χ2v) is 11.8. The number of rotatable bonds is 7. The summed E-state index contributed by atoms with van der Waals surface area (Å²) in [6.45, 7) is 9.82. The van der Waals surface area contributed by atoms with Crippen LogP contribution in [0.3, 0.4) is 0 Å². The number of nitrogens with zero attached hydrogens (tertiary/aromatic N) is 6. The molecular formula is C34H35ClFN7O2. The molecule has 1 saturated heterocycles. The fourth-order valence-electron chi connectivity index (χ4n) is 5.68. The van der Waals surface area contributed by atoms with Crippen molar-refractivity contribution in [3.63, 3.8) is 0 Å². The van der Waals surface area contributed by atoms with E-state index in [0.29, 0.717) is 54.3 Å². The van der Waals surface area contributed by atoms with Crippen LogP contribution in [0.25, 0.3) is 28.0 Å². The van der Waals surface area contributed by atoms with Crippen LogP contribution in [-0.4, -0.2) is 63.0 Å². The lowest BCUT2D eigenvalue weighted by molar-refractivity contribution is -0.126. The topological polar surface area (TPSA) is 110 Å². The number of amides is 1. The van der Waals surface area contributed by atoms with E-state index in [-0.39, 0.29) is 51.8 Å². The third kappa shape index (κ3) is 5.93. The zero-order valence-corrected chi connectivity index (χ0v) is 26.5. The molecule has 0 bridgehead atoms. The first-order valence-corrected chi connectivity index (χ1v) is 15.2. The molecule has 4 heterocycles. The van der Waals surface area contributed by atoms with Gasteiger partial charge in [0.25, 0.3) is 5.56 Å². The minimum Gasteiger partial charge on any atom is -0.366 e. The third-order valence-corrected chi connectivity index (χ3v) is 8.14. The Hall–Kier alpha value is -4.59. The molecule has 0 radical (unpaired) electrons. The maximum absolute atomic E-state index is 15.1. The number of anilines is 1. The highest BCUT2D eigenvalue weighted by Crippen LogP contribution is 2.38. The number of nitrogens with two attached hydrogens (primary N) is 1. The van der Waals surface area contributed by atoms with Crippen LogP contribution in [0.2, 0.25) is 5.02 Å². The predicted molar refractivity (Wildman–Crippen MR) is 176 cm³/mol. The number of hydrogen-bond acceptors (Lipinski definition) is 7.